The second-order valence-electron chi connectivity index (χ2n) is 9.28. The Kier molecular flexibility index (Phi) is 6.25. The Labute approximate surface area is 182 Å². The number of ether oxygens (including phenoxy) is 1. The predicted octanol–water partition coefficient (Wildman–Crippen LogP) is 5.87. The van der Waals surface area contributed by atoms with Crippen molar-refractivity contribution in [3.8, 4) is 0 Å². The fraction of sp³-hybridized carbons (Fsp3) is 0.400. The number of aryl methyl sites for hydroxylation is 1. The monoisotopic (exact) mass is 421 g/mol. The van der Waals surface area contributed by atoms with E-state index in [0.29, 0.717) is 15.3 Å². The summed E-state index contributed by atoms with van der Waals surface area (Å²) in [5, 5.41) is 1.26. The smallest absolute Gasteiger partial charge is 0.338 e. The van der Waals surface area contributed by atoms with Crippen LogP contribution in [0.4, 0.5) is 0 Å². The molecule has 3 rings (SSSR count). The van der Waals surface area contributed by atoms with Crippen molar-refractivity contribution in [2.24, 2.45) is 0 Å². The Morgan fingerprint density at radius 2 is 1.80 bits per heavy atom. The summed E-state index contributed by atoms with van der Waals surface area (Å²) in [6.07, 6.45) is 2.08. The lowest BCUT2D eigenvalue weighted by atomic mass is 9.96. The van der Waals surface area contributed by atoms with Crippen molar-refractivity contribution in [1.29, 1.82) is 0 Å². The molecule has 0 bridgehead atoms. The molecule has 3 aromatic rings. The number of esters is 1. The van der Waals surface area contributed by atoms with Crippen LogP contribution in [0.25, 0.3) is 10.9 Å². The first kappa shape index (κ1) is 22.3. The predicted molar refractivity (Wildman–Crippen MR) is 123 cm³/mol. The molecule has 2 radical (unpaired) electrons. The first-order chi connectivity index (χ1) is 14.0. The van der Waals surface area contributed by atoms with Crippen LogP contribution in [-0.4, -0.2) is 27.4 Å². The number of carbonyl (C=O) groups excluding carboxylic acids is 1. The van der Waals surface area contributed by atoms with E-state index < -0.39 is 0 Å². The van der Waals surface area contributed by atoms with Gasteiger partial charge >= 0.3 is 5.97 Å². The van der Waals surface area contributed by atoms with Crippen molar-refractivity contribution >= 4 is 26.6 Å². The molecule has 5 heteroatoms. The van der Waals surface area contributed by atoms with Crippen molar-refractivity contribution in [2.45, 2.75) is 58.7 Å². The third-order valence-electron chi connectivity index (χ3n) is 5.18. The van der Waals surface area contributed by atoms with Crippen molar-refractivity contribution in [3.05, 3.63) is 70.9 Å². The molecule has 0 amide bonds. The van der Waals surface area contributed by atoms with E-state index in [1.807, 2.05) is 19.1 Å². The highest BCUT2D eigenvalue weighted by molar-refractivity contribution is 6.31. The lowest BCUT2D eigenvalue weighted by molar-refractivity contribution is 0.0600. The SMILES string of the molecule is COC(=O)c1ccc2ccn(Cc3cccc(C(C)(C)O[Si]C(C)(C)C)c3)c2c1C. The van der Waals surface area contributed by atoms with Gasteiger partial charge in [0.25, 0.3) is 0 Å². The number of carbonyl (C=O) groups is 1. The minimum absolute atomic E-state index is 0.147. The molecule has 30 heavy (non-hydrogen) atoms. The van der Waals surface area contributed by atoms with Gasteiger partial charge in [0.15, 0.2) is 0 Å². The topological polar surface area (TPSA) is 40.5 Å². The zero-order valence-corrected chi connectivity index (χ0v) is 20.0. The molecule has 0 fully saturated rings. The Bertz CT molecular complexity index is 1060. The van der Waals surface area contributed by atoms with Crippen molar-refractivity contribution in [1.82, 2.24) is 4.57 Å². The van der Waals surface area contributed by atoms with Gasteiger partial charge < -0.3 is 13.7 Å². The van der Waals surface area contributed by atoms with Gasteiger partial charge in [0, 0.05) is 12.7 Å². The van der Waals surface area contributed by atoms with Crippen LogP contribution in [0.15, 0.2) is 48.7 Å². The molecular formula is C25H31NO3Si. The summed E-state index contributed by atoms with van der Waals surface area (Å²) in [5.74, 6) is -0.303. The zero-order chi connectivity index (χ0) is 22.1. The summed E-state index contributed by atoms with van der Waals surface area (Å²) in [7, 11) is 1.84. The Morgan fingerprint density at radius 3 is 2.47 bits per heavy atom. The van der Waals surface area contributed by atoms with Crippen LogP contribution in [0.1, 0.15) is 61.7 Å². The molecule has 0 saturated carbocycles. The van der Waals surface area contributed by atoms with Gasteiger partial charge in [0.2, 0.25) is 9.76 Å². The highest BCUT2D eigenvalue weighted by Gasteiger charge is 2.25. The molecular weight excluding hydrogens is 390 g/mol. The summed E-state index contributed by atoms with van der Waals surface area (Å²) in [5.41, 5.74) is 4.62. The Morgan fingerprint density at radius 1 is 1.07 bits per heavy atom. The van der Waals surface area contributed by atoms with Gasteiger partial charge in [-0.2, -0.15) is 0 Å². The van der Waals surface area contributed by atoms with E-state index in [4.69, 9.17) is 9.16 Å². The van der Waals surface area contributed by atoms with E-state index in [0.717, 1.165) is 23.0 Å². The number of methoxy groups -OCH3 is 1. The second kappa shape index (κ2) is 8.40. The molecule has 158 valence electrons. The summed E-state index contributed by atoms with van der Waals surface area (Å²) in [6, 6.07) is 14.5. The van der Waals surface area contributed by atoms with E-state index >= 15 is 0 Å². The maximum Gasteiger partial charge on any atom is 0.338 e. The van der Waals surface area contributed by atoms with Crippen molar-refractivity contribution < 1.29 is 14.0 Å². The van der Waals surface area contributed by atoms with E-state index in [1.165, 1.54) is 18.2 Å². The minimum Gasteiger partial charge on any atom is -0.465 e. The van der Waals surface area contributed by atoms with Gasteiger partial charge in [-0.1, -0.05) is 51.1 Å². The van der Waals surface area contributed by atoms with Crippen LogP contribution in [-0.2, 0) is 21.3 Å². The Hall–Kier alpha value is -2.37. The van der Waals surface area contributed by atoms with Crippen LogP contribution in [0.3, 0.4) is 0 Å². The molecule has 0 aliphatic rings. The lowest BCUT2D eigenvalue weighted by Gasteiger charge is -2.30. The van der Waals surface area contributed by atoms with E-state index in [9.17, 15) is 4.79 Å². The highest BCUT2D eigenvalue weighted by Crippen LogP contribution is 2.30. The van der Waals surface area contributed by atoms with Crippen LogP contribution in [0.2, 0.25) is 5.04 Å². The molecule has 0 unspecified atom stereocenters. The van der Waals surface area contributed by atoms with E-state index in [-0.39, 0.29) is 16.6 Å². The third kappa shape index (κ3) is 4.85. The molecule has 1 aromatic heterocycles. The molecule has 1 heterocycles. The second-order valence-corrected chi connectivity index (χ2v) is 11.2. The number of aromatic nitrogens is 1. The largest absolute Gasteiger partial charge is 0.465 e. The third-order valence-corrected chi connectivity index (χ3v) is 6.40. The van der Waals surface area contributed by atoms with Gasteiger partial charge in [-0.05, 0) is 60.0 Å². The molecule has 0 atom stereocenters. The minimum atomic E-state index is -0.353. The number of hydrogen-bond acceptors (Lipinski definition) is 3. The lowest BCUT2D eigenvalue weighted by Crippen LogP contribution is -2.27. The Balaban J connectivity index is 1.91. The van der Waals surface area contributed by atoms with Gasteiger partial charge in [0.1, 0.15) is 0 Å². The number of hydrogen-bond donors (Lipinski definition) is 0. The summed E-state index contributed by atoms with van der Waals surface area (Å²) in [4.78, 5) is 12.1. The maximum atomic E-state index is 12.1. The summed E-state index contributed by atoms with van der Waals surface area (Å²) < 4.78 is 13.4. The molecule has 2 aromatic carbocycles. The van der Waals surface area contributed by atoms with E-state index in [1.54, 1.807) is 0 Å². The van der Waals surface area contributed by atoms with Crippen LogP contribution >= 0.6 is 0 Å². The number of benzene rings is 2. The van der Waals surface area contributed by atoms with Crippen molar-refractivity contribution in [2.75, 3.05) is 7.11 Å². The fourth-order valence-electron chi connectivity index (χ4n) is 3.52. The van der Waals surface area contributed by atoms with Crippen LogP contribution < -0.4 is 0 Å². The molecule has 0 saturated heterocycles. The number of rotatable bonds is 6. The number of fused-ring (bicyclic) bond motifs is 1. The van der Waals surface area contributed by atoms with Gasteiger partial charge in [0.05, 0.1) is 23.8 Å². The van der Waals surface area contributed by atoms with Crippen LogP contribution in [0, 0.1) is 6.92 Å². The number of nitrogens with zero attached hydrogens (tertiary/aromatic N) is 1. The van der Waals surface area contributed by atoms with E-state index in [2.05, 4.69) is 75.7 Å². The maximum absolute atomic E-state index is 12.1. The summed E-state index contributed by atoms with van der Waals surface area (Å²) >= 11 is 0. The molecule has 0 aliphatic carbocycles. The average Bonchev–Trinajstić information content (AvgIpc) is 3.09. The van der Waals surface area contributed by atoms with Gasteiger partial charge in [-0.15, -0.1) is 0 Å². The highest BCUT2D eigenvalue weighted by atomic mass is 28.2. The molecule has 0 N–H and O–H groups in total. The normalized spacial score (nSPS) is 12.4. The first-order valence-corrected chi connectivity index (χ1v) is 11.1. The molecule has 0 spiro atoms. The van der Waals surface area contributed by atoms with Crippen molar-refractivity contribution in [3.63, 3.8) is 0 Å². The summed E-state index contributed by atoms with van der Waals surface area (Å²) in [6.45, 7) is 13.5. The fourth-order valence-corrected chi connectivity index (χ4v) is 4.20. The quantitative estimate of drug-likeness (QED) is 0.369. The standard InChI is InChI=1S/C25H31NO3Si/c1-17-21(23(27)28-7)12-11-19-13-14-26(22(17)19)16-18-9-8-10-20(15-18)25(5,6)29-30-24(2,3)4/h8-15H,16H2,1-7H3. The first-order valence-electron chi connectivity index (χ1n) is 10.2. The van der Waals surface area contributed by atoms with Crippen LogP contribution in [0.5, 0.6) is 0 Å². The molecule has 0 aliphatic heterocycles. The zero-order valence-electron chi connectivity index (χ0n) is 19.0. The van der Waals surface area contributed by atoms with Gasteiger partial charge in [-0.3, -0.25) is 0 Å². The van der Waals surface area contributed by atoms with Gasteiger partial charge in [-0.25, -0.2) is 4.79 Å². The molecule has 4 nitrogen and oxygen atoms in total. The average molecular weight is 422 g/mol.